The highest BCUT2D eigenvalue weighted by atomic mass is 79.9. The van der Waals surface area contributed by atoms with Crippen molar-refractivity contribution in [1.29, 1.82) is 0 Å². The average Bonchev–Trinajstić information content (AvgIpc) is 2.27. The zero-order chi connectivity index (χ0) is 12.7. The minimum absolute atomic E-state index is 0.228. The molecule has 1 aromatic carbocycles. The number of aliphatic hydroxyl groups excluding tert-OH is 1. The van der Waals surface area contributed by atoms with Gasteiger partial charge in [0, 0.05) is 23.2 Å². The van der Waals surface area contributed by atoms with Gasteiger partial charge < -0.3 is 15.2 Å². The number of halogens is 1. The van der Waals surface area contributed by atoms with E-state index in [-0.39, 0.29) is 6.61 Å². The Kier molecular flexibility index (Phi) is 6.55. The quantitative estimate of drug-likeness (QED) is 0.761. The smallest absolute Gasteiger partial charge is 0.126 e. The Morgan fingerprint density at radius 2 is 2.12 bits per heavy atom. The fraction of sp³-hybridized carbons (Fsp3) is 0.538. The van der Waals surface area contributed by atoms with Crippen molar-refractivity contribution < 1.29 is 9.84 Å². The maximum absolute atomic E-state index is 8.72. The lowest BCUT2D eigenvalue weighted by Crippen LogP contribution is -2.09. The van der Waals surface area contributed by atoms with Crippen molar-refractivity contribution in [3.8, 4) is 5.75 Å². The molecule has 0 heterocycles. The van der Waals surface area contributed by atoms with Crippen LogP contribution in [0, 0.1) is 6.92 Å². The van der Waals surface area contributed by atoms with E-state index in [0.29, 0.717) is 6.61 Å². The second-order valence-electron chi connectivity index (χ2n) is 4.02. The van der Waals surface area contributed by atoms with Gasteiger partial charge in [-0.25, -0.2) is 0 Å². The number of benzene rings is 1. The van der Waals surface area contributed by atoms with Gasteiger partial charge in [-0.1, -0.05) is 15.9 Å². The third-order valence-corrected chi connectivity index (χ3v) is 2.94. The Labute approximate surface area is 111 Å². The molecule has 17 heavy (non-hydrogen) atoms. The molecule has 0 saturated heterocycles. The SMILES string of the molecule is CNCc1cc(Br)cc(C)c1OCCCCO. The van der Waals surface area contributed by atoms with Gasteiger partial charge in [-0.2, -0.15) is 0 Å². The van der Waals surface area contributed by atoms with Crippen LogP contribution in [0.5, 0.6) is 5.75 Å². The van der Waals surface area contributed by atoms with E-state index in [1.807, 2.05) is 14.0 Å². The van der Waals surface area contributed by atoms with Gasteiger partial charge in [0.1, 0.15) is 5.75 Å². The second kappa shape index (κ2) is 7.69. The number of nitrogens with one attached hydrogen (secondary N) is 1. The van der Waals surface area contributed by atoms with Crippen molar-refractivity contribution in [3.05, 3.63) is 27.7 Å². The van der Waals surface area contributed by atoms with Crippen molar-refractivity contribution in [2.75, 3.05) is 20.3 Å². The Bertz CT molecular complexity index is 356. The number of hydrogen-bond acceptors (Lipinski definition) is 3. The van der Waals surface area contributed by atoms with Gasteiger partial charge in [0.05, 0.1) is 6.61 Å². The van der Waals surface area contributed by atoms with Crippen molar-refractivity contribution in [3.63, 3.8) is 0 Å². The first-order valence-electron chi connectivity index (χ1n) is 5.86. The number of ether oxygens (including phenoxy) is 1. The lowest BCUT2D eigenvalue weighted by Gasteiger charge is -2.14. The van der Waals surface area contributed by atoms with E-state index >= 15 is 0 Å². The molecular weight excluding hydrogens is 282 g/mol. The molecule has 0 unspecified atom stereocenters. The maximum atomic E-state index is 8.72. The number of aryl methyl sites for hydroxylation is 1. The van der Waals surface area contributed by atoms with Gasteiger partial charge in [-0.3, -0.25) is 0 Å². The normalized spacial score (nSPS) is 10.6. The minimum atomic E-state index is 0.228. The average molecular weight is 302 g/mol. The van der Waals surface area contributed by atoms with Gasteiger partial charge in [-0.05, 0) is 44.5 Å². The maximum Gasteiger partial charge on any atom is 0.126 e. The topological polar surface area (TPSA) is 41.5 Å². The lowest BCUT2D eigenvalue weighted by molar-refractivity contribution is 0.251. The molecule has 0 saturated carbocycles. The third kappa shape index (κ3) is 4.66. The van der Waals surface area contributed by atoms with E-state index in [0.717, 1.165) is 40.7 Å². The summed E-state index contributed by atoms with van der Waals surface area (Å²) in [7, 11) is 1.92. The Morgan fingerprint density at radius 1 is 1.35 bits per heavy atom. The summed E-state index contributed by atoms with van der Waals surface area (Å²) in [6.07, 6.45) is 1.67. The van der Waals surface area contributed by atoms with Crippen molar-refractivity contribution in [1.82, 2.24) is 5.32 Å². The van der Waals surface area contributed by atoms with Gasteiger partial charge in [0.25, 0.3) is 0 Å². The van der Waals surface area contributed by atoms with Crippen molar-refractivity contribution in [2.24, 2.45) is 0 Å². The van der Waals surface area contributed by atoms with E-state index in [1.54, 1.807) is 0 Å². The summed E-state index contributed by atoms with van der Waals surface area (Å²) in [5, 5.41) is 11.9. The summed E-state index contributed by atoms with van der Waals surface area (Å²) >= 11 is 3.49. The van der Waals surface area contributed by atoms with Gasteiger partial charge in [-0.15, -0.1) is 0 Å². The van der Waals surface area contributed by atoms with Crippen LogP contribution < -0.4 is 10.1 Å². The first-order valence-corrected chi connectivity index (χ1v) is 6.65. The minimum Gasteiger partial charge on any atom is -0.493 e. The molecule has 2 N–H and O–H groups in total. The van der Waals surface area contributed by atoms with Gasteiger partial charge >= 0.3 is 0 Å². The number of aliphatic hydroxyl groups is 1. The summed E-state index contributed by atoms with van der Waals surface area (Å²) in [5.74, 6) is 0.959. The molecule has 1 aromatic rings. The Balaban J connectivity index is 2.73. The monoisotopic (exact) mass is 301 g/mol. The molecule has 0 radical (unpaired) electrons. The largest absolute Gasteiger partial charge is 0.493 e. The second-order valence-corrected chi connectivity index (χ2v) is 4.94. The molecule has 0 bridgehead atoms. The first kappa shape index (κ1) is 14.5. The van der Waals surface area contributed by atoms with E-state index in [1.165, 1.54) is 0 Å². The van der Waals surface area contributed by atoms with E-state index in [9.17, 15) is 0 Å². The number of rotatable bonds is 7. The summed E-state index contributed by atoms with van der Waals surface area (Å²) in [4.78, 5) is 0. The molecule has 0 aliphatic carbocycles. The number of unbranched alkanes of at least 4 members (excludes halogenated alkanes) is 1. The molecule has 0 spiro atoms. The fourth-order valence-electron chi connectivity index (χ4n) is 1.72. The lowest BCUT2D eigenvalue weighted by atomic mass is 10.1. The molecule has 96 valence electrons. The van der Waals surface area contributed by atoms with E-state index in [2.05, 4.69) is 33.4 Å². The van der Waals surface area contributed by atoms with Crippen LogP contribution in [0.1, 0.15) is 24.0 Å². The molecular formula is C13H20BrNO2. The summed E-state index contributed by atoms with van der Waals surface area (Å²) in [6, 6.07) is 4.13. The predicted molar refractivity (Wildman–Crippen MR) is 73.5 cm³/mol. The number of hydrogen-bond donors (Lipinski definition) is 2. The van der Waals surface area contributed by atoms with Crippen LogP contribution in [0.15, 0.2) is 16.6 Å². The van der Waals surface area contributed by atoms with Crippen LogP contribution in [0.3, 0.4) is 0 Å². The van der Waals surface area contributed by atoms with Crippen molar-refractivity contribution in [2.45, 2.75) is 26.3 Å². The summed E-state index contributed by atoms with van der Waals surface area (Å²) < 4.78 is 6.88. The molecule has 1 rings (SSSR count). The molecule has 0 amide bonds. The van der Waals surface area contributed by atoms with Gasteiger partial charge in [0.2, 0.25) is 0 Å². The zero-order valence-corrected chi connectivity index (χ0v) is 12.0. The third-order valence-electron chi connectivity index (χ3n) is 2.48. The standard InChI is InChI=1S/C13H20BrNO2/c1-10-7-12(14)8-11(9-15-2)13(10)17-6-4-3-5-16/h7-8,15-16H,3-6,9H2,1-2H3. The van der Waals surface area contributed by atoms with Crippen LogP contribution in [0.25, 0.3) is 0 Å². The molecule has 0 aliphatic heterocycles. The molecule has 0 aliphatic rings. The molecule has 4 heteroatoms. The molecule has 0 fully saturated rings. The highest BCUT2D eigenvalue weighted by Gasteiger charge is 2.08. The van der Waals surface area contributed by atoms with Gasteiger partial charge in [0.15, 0.2) is 0 Å². The van der Waals surface area contributed by atoms with E-state index < -0.39 is 0 Å². The fourth-order valence-corrected chi connectivity index (χ4v) is 2.34. The van der Waals surface area contributed by atoms with Crippen LogP contribution in [0.2, 0.25) is 0 Å². The zero-order valence-electron chi connectivity index (χ0n) is 10.4. The first-order chi connectivity index (χ1) is 8.19. The molecule has 0 aromatic heterocycles. The molecule has 0 atom stereocenters. The summed E-state index contributed by atoms with van der Waals surface area (Å²) in [6.45, 7) is 3.71. The van der Waals surface area contributed by atoms with Crippen LogP contribution in [0.4, 0.5) is 0 Å². The molecule has 3 nitrogen and oxygen atoms in total. The summed E-state index contributed by atoms with van der Waals surface area (Å²) in [5.41, 5.74) is 2.29. The highest BCUT2D eigenvalue weighted by molar-refractivity contribution is 9.10. The highest BCUT2D eigenvalue weighted by Crippen LogP contribution is 2.28. The van der Waals surface area contributed by atoms with Crippen molar-refractivity contribution >= 4 is 15.9 Å². The Hall–Kier alpha value is -0.580. The Morgan fingerprint density at radius 3 is 2.76 bits per heavy atom. The van der Waals surface area contributed by atoms with Crippen LogP contribution in [-0.2, 0) is 6.54 Å². The van der Waals surface area contributed by atoms with E-state index in [4.69, 9.17) is 9.84 Å². The van der Waals surface area contributed by atoms with Crippen LogP contribution >= 0.6 is 15.9 Å². The van der Waals surface area contributed by atoms with Crippen LogP contribution in [-0.4, -0.2) is 25.4 Å². The predicted octanol–water partition coefficient (Wildman–Crippen LogP) is 2.63.